The first-order chi connectivity index (χ1) is 33.9. The van der Waals surface area contributed by atoms with E-state index in [9.17, 15) is 0 Å². The standard InChI is InChI=1S/C67H8S/c68-6-66-60-52-43-36-23-16-10-11-13-9-8-12(10)21(23)27-25-14(8)18-15(9)26-28-22(13)24-17(11)20-19(16)30-38-31(20)40-37(24)44-42(28)46-33(26)35-29(18)34-32(25)45(41(27)43)56(60)58-47(34)48(35)59-57(46)61-53(44)50(40)55-51(38)54(49(52)39(30)36)62(66)64(55)67(61,65(59)63(58)66)7-4-2-1-3-5-7/h1-5,68H,6H2. The first-order valence-corrected chi connectivity index (χ1v) is 26.0. The predicted molar refractivity (Wildman–Crippen MR) is 292 cm³/mol. The van der Waals surface area contributed by atoms with E-state index in [0.29, 0.717) is 0 Å². The lowest BCUT2D eigenvalue weighted by Gasteiger charge is -2.49. The van der Waals surface area contributed by atoms with Crippen LogP contribution in [0.4, 0.5) is 0 Å². The highest BCUT2D eigenvalue weighted by atomic mass is 32.1. The van der Waals surface area contributed by atoms with Gasteiger partial charge in [-0.2, -0.15) is 12.6 Å². The Kier molecular flexibility index (Phi) is 2.11. The van der Waals surface area contributed by atoms with Gasteiger partial charge in [-0.15, -0.1) is 0 Å². The summed E-state index contributed by atoms with van der Waals surface area (Å²) in [6, 6.07) is 12.2. The average Bonchev–Trinajstić information content (AvgIpc) is 4.23. The van der Waals surface area contributed by atoms with Crippen molar-refractivity contribution in [2.24, 2.45) is 0 Å². The van der Waals surface area contributed by atoms with Gasteiger partial charge in [-0.3, -0.25) is 0 Å². The van der Waals surface area contributed by atoms with Crippen molar-refractivity contribution in [3.05, 3.63) is 69.3 Å². The fourth-order valence-electron chi connectivity index (χ4n) is 24.8. The molecule has 0 spiro atoms. The predicted octanol–water partition coefficient (Wildman–Crippen LogP) is 18.0. The van der Waals surface area contributed by atoms with Crippen molar-refractivity contribution in [2.45, 2.75) is 10.8 Å². The van der Waals surface area contributed by atoms with Crippen LogP contribution in [-0.4, -0.2) is 5.75 Å². The van der Waals surface area contributed by atoms with Crippen LogP contribution in [0.5, 0.6) is 0 Å². The van der Waals surface area contributed by atoms with E-state index in [1.54, 1.807) is 313 Å². The van der Waals surface area contributed by atoms with Gasteiger partial charge in [-0.05, 0) is 319 Å². The van der Waals surface area contributed by atoms with Crippen molar-refractivity contribution in [3.63, 3.8) is 0 Å². The van der Waals surface area contributed by atoms with Crippen LogP contribution in [0.2, 0.25) is 0 Å². The zero-order valence-electron chi connectivity index (χ0n) is 34.5. The summed E-state index contributed by atoms with van der Waals surface area (Å²) in [6.45, 7) is 0. The van der Waals surface area contributed by atoms with E-state index in [4.69, 9.17) is 12.6 Å². The van der Waals surface area contributed by atoms with Crippen LogP contribution < -0.4 is 0 Å². The van der Waals surface area contributed by atoms with E-state index in [-0.39, 0.29) is 5.41 Å². The third-order valence-corrected chi connectivity index (χ3v) is 25.3. The molecule has 2 atom stereocenters. The molecule has 0 amide bonds. The first kappa shape index (κ1) is 25.2. The van der Waals surface area contributed by atoms with Crippen LogP contribution in [0, 0.1) is 0 Å². The molecule has 0 nitrogen and oxygen atoms in total. The van der Waals surface area contributed by atoms with Crippen LogP contribution in [-0.2, 0) is 10.8 Å². The van der Waals surface area contributed by atoms with Crippen molar-refractivity contribution in [1.29, 1.82) is 0 Å². The van der Waals surface area contributed by atoms with Crippen LogP contribution >= 0.6 is 12.6 Å². The fourth-order valence-corrected chi connectivity index (χ4v) is 25.2. The molecule has 0 saturated carbocycles. The molecule has 0 radical (unpaired) electrons. The van der Waals surface area contributed by atoms with E-state index in [0.717, 1.165) is 5.75 Å². The summed E-state index contributed by atoms with van der Waals surface area (Å²) < 4.78 is 0. The highest BCUT2D eigenvalue weighted by Gasteiger charge is 2.66. The fraction of sp³-hybridized carbons (Fsp3) is 0.0448. The molecular formula is C67H8S. The molecule has 0 fully saturated rings. The van der Waals surface area contributed by atoms with Crippen LogP contribution in [0.3, 0.4) is 0 Å². The minimum Gasteiger partial charge on any atom is -0.178 e. The van der Waals surface area contributed by atoms with Crippen molar-refractivity contribution >= 4 is 293 Å². The topological polar surface area (TPSA) is 0 Å². The molecular weight excluding hydrogens is 837 g/mol. The highest BCUT2D eigenvalue weighted by molar-refractivity contribution is 7.80. The Hall–Kier alpha value is -7.97. The van der Waals surface area contributed by atoms with Crippen molar-refractivity contribution < 1.29 is 0 Å². The number of hydrogen-bond acceptors (Lipinski definition) is 1. The summed E-state index contributed by atoms with van der Waals surface area (Å²) in [7, 11) is 0. The monoisotopic (exact) mass is 844 g/mol. The highest BCUT2D eigenvalue weighted by Crippen LogP contribution is 2.84. The van der Waals surface area contributed by atoms with Crippen LogP contribution in [0.25, 0.3) is 280 Å². The van der Waals surface area contributed by atoms with Gasteiger partial charge in [0.05, 0.1) is 10.8 Å². The SMILES string of the molecule is SCC12c3c4c5c6c7c8c9c%10c(c1c1c%11c2c2c%12c3c5c3c5c%12c%12c2c2c%11c%11c%13c1c%10c1c%10c9c9c7c7c6c3c3c5c5c%12c6c2c%11c2c(c%131)c1c%10c9c9c7c3c3c9c1c2c6c53)C48c1ccccc1. The molecule has 28 aromatic carbocycles. The largest absolute Gasteiger partial charge is 0.178 e. The van der Waals surface area contributed by atoms with Gasteiger partial charge >= 0.3 is 0 Å². The van der Waals surface area contributed by atoms with Gasteiger partial charge in [0, 0.05) is 5.75 Å². The summed E-state index contributed by atoms with van der Waals surface area (Å²) in [4.78, 5) is 0. The molecule has 68 heavy (non-hydrogen) atoms. The molecule has 0 bridgehead atoms. The maximum absolute atomic E-state index is 5.93. The van der Waals surface area contributed by atoms with E-state index < -0.39 is 5.41 Å². The number of rotatable bonds is 2. The van der Waals surface area contributed by atoms with Crippen LogP contribution in [0.1, 0.15) is 38.9 Å². The molecule has 282 valence electrons. The number of thiol groups is 1. The Morgan fingerprint density at radius 2 is 0.397 bits per heavy atom. The lowest BCUT2D eigenvalue weighted by molar-refractivity contribution is 0.639. The average molecular weight is 845 g/mol. The second-order valence-corrected chi connectivity index (χ2v) is 25.2. The Labute approximate surface area is 376 Å². The molecule has 33 rings (SSSR count). The molecule has 1 heteroatoms. The second kappa shape index (κ2) is 5.68. The Morgan fingerprint density at radius 1 is 0.206 bits per heavy atom. The van der Waals surface area contributed by atoms with E-state index >= 15 is 0 Å². The van der Waals surface area contributed by atoms with Gasteiger partial charge in [0.1, 0.15) is 0 Å². The minimum absolute atomic E-state index is 0.344. The maximum atomic E-state index is 5.93. The van der Waals surface area contributed by atoms with Crippen LogP contribution in [0.15, 0.2) is 30.3 Å². The number of benzene rings is 18. The summed E-state index contributed by atoms with van der Waals surface area (Å²) in [5, 5.41) is 85.7. The zero-order valence-corrected chi connectivity index (χ0v) is 35.4. The van der Waals surface area contributed by atoms with E-state index in [1.165, 1.54) is 5.56 Å². The molecule has 28 aromatic rings. The number of hydrogen-bond donors (Lipinski definition) is 1. The quantitative estimate of drug-likeness (QED) is 0.130. The van der Waals surface area contributed by atoms with Crippen molar-refractivity contribution in [1.82, 2.24) is 0 Å². The Bertz CT molecular complexity index is 7340. The molecule has 0 saturated heterocycles. The third kappa shape index (κ3) is 1.30. The van der Waals surface area contributed by atoms with Crippen molar-refractivity contribution in [3.8, 4) is 0 Å². The third-order valence-electron chi connectivity index (χ3n) is 24.8. The zero-order chi connectivity index (χ0) is 40.3. The van der Waals surface area contributed by atoms with Gasteiger partial charge in [0.15, 0.2) is 0 Å². The van der Waals surface area contributed by atoms with E-state index in [2.05, 4.69) is 30.3 Å². The van der Waals surface area contributed by atoms with Gasteiger partial charge in [-0.1, -0.05) is 30.3 Å². The normalized spacial score (nSPS) is 22.1. The minimum atomic E-state index is -0.421. The molecule has 0 aromatic heterocycles. The van der Waals surface area contributed by atoms with Gasteiger partial charge in [0.2, 0.25) is 0 Å². The summed E-state index contributed by atoms with van der Waals surface area (Å²) in [5.41, 5.74) is 10.8. The van der Waals surface area contributed by atoms with Gasteiger partial charge in [0.25, 0.3) is 0 Å². The second-order valence-electron chi connectivity index (χ2n) is 24.9. The van der Waals surface area contributed by atoms with E-state index in [1.807, 2.05) is 0 Å². The Balaban J connectivity index is 1.24. The lowest BCUT2D eigenvalue weighted by Crippen LogP contribution is -2.44. The lowest BCUT2D eigenvalue weighted by atomic mass is 9.53. The summed E-state index contributed by atoms with van der Waals surface area (Å²) >= 11 is 5.93. The molecule has 2 unspecified atom stereocenters. The molecule has 0 N–H and O–H groups in total. The first-order valence-electron chi connectivity index (χ1n) is 25.3. The molecule has 0 heterocycles. The Morgan fingerprint density at radius 3 is 0.706 bits per heavy atom. The summed E-state index contributed by atoms with van der Waals surface area (Å²) in [6.07, 6.45) is 0. The van der Waals surface area contributed by atoms with Gasteiger partial charge < -0.3 is 0 Å². The molecule has 5 aliphatic rings. The maximum Gasteiger partial charge on any atom is 0.0733 e. The van der Waals surface area contributed by atoms with Crippen molar-refractivity contribution in [2.75, 3.05) is 5.75 Å². The summed E-state index contributed by atoms with van der Waals surface area (Å²) in [5.74, 6) is 0.801. The molecule has 0 aliphatic heterocycles. The smallest absolute Gasteiger partial charge is 0.0733 e. The molecule has 5 aliphatic carbocycles. The van der Waals surface area contributed by atoms with Gasteiger partial charge in [-0.25, -0.2) is 0 Å².